The van der Waals surface area contributed by atoms with Crippen LogP contribution in [-0.2, 0) is 5.41 Å². The first-order valence-electron chi connectivity index (χ1n) is 9.51. The average Bonchev–Trinajstić information content (AvgIpc) is 3.13. The van der Waals surface area contributed by atoms with Crippen LogP contribution in [0.5, 0.6) is 0 Å². The number of halogens is 1. The van der Waals surface area contributed by atoms with E-state index in [1.165, 1.54) is 6.07 Å². The van der Waals surface area contributed by atoms with Crippen LogP contribution in [0.15, 0.2) is 18.3 Å². The fraction of sp³-hybridized carbons (Fsp3) is 0.500. The Kier molecular flexibility index (Phi) is 4.24. The molecule has 0 unspecified atom stereocenters. The van der Waals surface area contributed by atoms with Gasteiger partial charge in [0, 0.05) is 29.8 Å². The number of hydrogen-bond donors (Lipinski definition) is 3. The van der Waals surface area contributed by atoms with Crippen LogP contribution in [0, 0.1) is 5.82 Å². The summed E-state index contributed by atoms with van der Waals surface area (Å²) in [6, 6.07) is 2.47. The summed E-state index contributed by atoms with van der Waals surface area (Å²) in [5.74, 6) is -1.22. The number of aliphatic hydroxyl groups is 1. The number of likely N-dealkylation sites (tertiary alicyclic amines) is 1. The maximum Gasteiger partial charge on any atom is 0.251 e. The molecule has 1 aliphatic rings. The number of rotatable bonds is 4. The molecule has 1 saturated heterocycles. The molecule has 0 saturated carbocycles. The number of β-amino-alcohol motifs (C(OH)–C–C–N with tert-alkyl or cyclic N) is 1. The summed E-state index contributed by atoms with van der Waals surface area (Å²) in [6.07, 6.45) is 3.75. The number of nitrogens with zero attached hydrogens (tertiary/aromatic N) is 3. The summed E-state index contributed by atoms with van der Waals surface area (Å²) in [7, 11) is 0. The van der Waals surface area contributed by atoms with E-state index in [0.29, 0.717) is 23.2 Å². The Morgan fingerprint density at radius 2 is 2.07 bits per heavy atom. The summed E-state index contributed by atoms with van der Waals surface area (Å²) in [6.45, 7) is 8.23. The number of nitrogens with two attached hydrogens (primary N) is 1. The zero-order chi connectivity index (χ0) is 20.3. The van der Waals surface area contributed by atoms with E-state index in [2.05, 4.69) is 21.9 Å². The molecule has 1 aromatic carbocycles. The van der Waals surface area contributed by atoms with E-state index in [0.717, 1.165) is 37.6 Å². The molecule has 0 spiro atoms. The maximum atomic E-state index is 13.9. The Morgan fingerprint density at radius 1 is 1.39 bits per heavy atom. The lowest BCUT2D eigenvalue weighted by Crippen LogP contribution is -2.46. The molecular formula is C20H26FN5O2. The number of piperidine rings is 1. The van der Waals surface area contributed by atoms with Gasteiger partial charge in [-0.15, -0.1) is 0 Å². The number of nitrogens with one attached hydrogen (secondary N) is 1. The van der Waals surface area contributed by atoms with Crippen molar-refractivity contribution in [2.45, 2.75) is 44.6 Å². The smallest absolute Gasteiger partial charge is 0.251 e. The topological polar surface area (TPSA) is 99.7 Å². The van der Waals surface area contributed by atoms with E-state index in [-0.39, 0.29) is 11.0 Å². The average molecular weight is 387 g/mol. The van der Waals surface area contributed by atoms with Crippen molar-refractivity contribution in [2.75, 3.05) is 19.6 Å². The van der Waals surface area contributed by atoms with Crippen LogP contribution in [-0.4, -0.2) is 55.7 Å². The number of hydrogen-bond acceptors (Lipinski definition) is 4. The minimum absolute atomic E-state index is 0.107. The van der Waals surface area contributed by atoms with Gasteiger partial charge in [0.1, 0.15) is 11.3 Å². The molecule has 8 heteroatoms. The van der Waals surface area contributed by atoms with E-state index in [1.54, 1.807) is 4.52 Å². The second-order valence-electron chi connectivity index (χ2n) is 8.79. The van der Waals surface area contributed by atoms with Crippen LogP contribution in [0.4, 0.5) is 4.39 Å². The predicted octanol–water partition coefficient (Wildman–Crippen LogP) is 2.18. The van der Waals surface area contributed by atoms with Gasteiger partial charge in [0.25, 0.3) is 5.91 Å². The lowest BCUT2D eigenvalue weighted by atomic mass is 9.75. The van der Waals surface area contributed by atoms with Gasteiger partial charge in [0.15, 0.2) is 5.65 Å². The number of imidazole rings is 1. The molecule has 1 fully saturated rings. The predicted molar refractivity (Wildman–Crippen MR) is 105 cm³/mol. The van der Waals surface area contributed by atoms with Crippen LogP contribution in [0.1, 0.15) is 49.5 Å². The van der Waals surface area contributed by atoms with Crippen LogP contribution in [0.2, 0.25) is 0 Å². The van der Waals surface area contributed by atoms with Crippen LogP contribution in [0.3, 0.4) is 0 Å². The zero-order valence-corrected chi connectivity index (χ0v) is 16.4. The van der Waals surface area contributed by atoms with E-state index in [9.17, 15) is 14.3 Å². The van der Waals surface area contributed by atoms with Gasteiger partial charge in [-0.05, 0) is 45.8 Å². The van der Waals surface area contributed by atoms with Crippen LogP contribution < -0.4 is 5.73 Å². The molecule has 3 aromatic rings. The lowest BCUT2D eigenvalue weighted by Gasteiger charge is -2.40. The molecule has 0 atom stereocenters. The van der Waals surface area contributed by atoms with Gasteiger partial charge >= 0.3 is 0 Å². The third-order valence-electron chi connectivity index (χ3n) is 5.78. The zero-order valence-electron chi connectivity index (χ0n) is 16.4. The van der Waals surface area contributed by atoms with Crippen LogP contribution >= 0.6 is 0 Å². The van der Waals surface area contributed by atoms with Gasteiger partial charge in [0.2, 0.25) is 0 Å². The fourth-order valence-electron chi connectivity index (χ4n) is 4.33. The van der Waals surface area contributed by atoms with Crippen molar-refractivity contribution in [2.24, 2.45) is 5.73 Å². The van der Waals surface area contributed by atoms with Crippen molar-refractivity contribution < 1.29 is 14.3 Å². The largest absolute Gasteiger partial charge is 0.389 e. The monoisotopic (exact) mass is 387 g/mol. The third kappa shape index (κ3) is 3.16. The van der Waals surface area contributed by atoms with Crippen molar-refractivity contribution in [3.05, 3.63) is 35.3 Å². The Morgan fingerprint density at radius 3 is 2.68 bits per heavy atom. The van der Waals surface area contributed by atoms with Crippen molar-refractivity contribution in [3.63, 3.8) is 0 Å². The summed E-state index contributed by atoms with van der Waals surface area (Å²) < 4.78 is 15.6. The number of H-pyrrole nitrogens is 1. The van der Waals surface area contributed by atoms with E-state index in [1.807, 2.05) is 20.0 Å². The molecule has 3 heterocycles. The van der Waals surface area contributed by atoms with E-state index in [4.69, 9.17) is 5.73 Å². The second-order valence-corrected chi connectivity index (χ2v) is 8.79. The molecule has 7 nitrogen and oxygen atoms in total. The molecule has 28 heavy (non-hydrogen) atoms. The molecular weight excluding hydrogens is 361 g/mol. The number of carbonyl (C=O) groups is 1. The van der Waals surface area contributed by atoms with Gasteiger partial charge in [-0.3, -0.25) is 9.89 Å². The summed E-state index contributed by atoms with van der Waals surface area (Å²) >= 11 is 0. The number of fused-ring (bicyclic) bond motifs is 3. The molecule has 0 radical (unpaired) electrons. The third-order valence-corrected chi connectivity index (χ3v) is 5.78. The molecule has 1 amide bonds. The Labute approximate surface area is 162 Å². The molecule has 1 aliphatic heterocycles. The van der Waals surface area contributed by atoms with E-state index < -0.39 is 17.3 Å². The molecule has 4 rings (SSSR count). The minimum atomic E-state index is -0.717. The highest BCUT2D eigenvalue weighted by Gasteiger charge is 2.36. The second kappa shape index (κ2) is 6.28. The first-order chi connectivity index (χ1) is 13.1. The van der Waals surface area contributed by atoms with Crippen molar-refractivity contribution >= 4 is 22.6 Å². The number of aromatic amines is 1. The molecule has 4 N–H and O–H groups in total. The summed E-state index contributed by atoms with van der Waals surface area (Å²) in [5.41, 5.74) is 7.39. The van der Waals surface area contributed by atoms with Gasteiger partial charge in [-0.25, -0.2) is 13.9 Å². The number of benzene rings is 1. The first kappa shape index (κ1) is 18.9. The number of aromatic nitrogens is 3. The summed E-state index contributed by atoms with van der Waals surface area (Å²) in [5, 5.41) is 13.2. The van der Waals surface area contributed by atoms with Gasteiger partial charge in [-0.1, -0.05) is 6.92 Å². The quantitative estimate of drug-likeness (QED) is 0.639. The first-order valence-corrected chi connectivity index (χ1v) is 9.51. The van der Waals surface area contributed by atoms with Gasteiger partial charge in [0.05, 0.1) is 16.7 Å². The molecule has 0 aliphatic carbocycles. The van der Waals surface area contributed by atoms with Gasteiger partial charge in [-0.2, -0.15) is 0 Å². The SMILES string of the molecule is CC(C)(O)CN1CCC(C)(c2c[nH]n3c2nc2cc(F)cc(C(N)=O)c23)CC1. The standard InChI is InChI=1S/C20H26FN5O2/c1-19(2,28)11-25-6-4-20(3,5-7-25)14-10-23-26-16-13(17(22)27)8-12(21)9-15(16)24-18(14)26/h8-10,23,28H,4-7,11H2,1-3H3,(H2,22,27). The summed E-state index contributed by atoms with van der Waals surface area (Å²) in [4.78, 5) is 18.7. The highest BCUT2D eigenvalue weighted by atomic mass is 19.1. The fourth-order valence-corrected chi connectivity index (χ4v) is 4.33. The molecule has 0 bridgehead atoms. The Balaban J connectivity index is 1.72. The van der Waals surface area contributed by atoms with Crippen molar-refractivity contribution in [1.82, 2.24) is 19.5 Å². The number of carbonyl (C=O) groups excluding carboxylic acids is 1. The Hall–Kier alpha value is -2.45. The van der Waals surface area contributed by atoms with Gasteiger partial charge < -0.3 is 15.7 Å². The molecule has 150 valence electrons. The van der Waals surface area contributed by atoms with E-state index >= 15 is 0 Å². The minimum Gasteiger partial charge on any atom is -0.389 e. The number of primary amides is 1. The lowest BCUT2D eigenvalue weighted by molar-refractivity contribution is 0.0222. The number of amides is 1. The van der Waals surface area contributed by atoms with Crippen LogP contribution in [0.25, 0.3) is 16.7 Å². The maximum absolute atomic E-state index is 13.9. The molecule has 2 aromatic heterocycles. The van der Waals surface area contributed by atoms with Crippen molar-refractivity contribution in [1.29, 1.82) is 0 Å². The van der Waals surface area contributed by atoms with Crippen molar-refractivity contribution in [3.8, 4) is 0 Å². The normalized spacial score (nSPS) is 18.2. The Bertz CT molecular complexity index is 1050. The highest BCUT2D eigenvalue weighted by molar-refractivity contribution is 6.05. The highest BCUT2D eigenvalue weighted by Crippen LogP contribution is 2.38.